The first-order valence-electron chi connectivity index (χ1n) is 12.5. The minimum Gasteiger partial charge on any atom is -0.404 e. The average molecular weight is 592 g/mol. The van der Waals surface area contributed by atoms with Crippen molar-refractivity contribution in [3.8, 4) is 0 Å². The number of halogens is 4. The van der Waals surface area contributed by atoms with E-state index < -0.39 is 50.4 Å². The maximum absolute atomic E-state index is 14.2. The third-order valence-electron chi connectivity index (χ3n) is 7.53. The van der Waals surface area contributed by atoms with Crippen molar-refractivity contribution in [3.05, 3.63) is 77.6 Å². The molecular formula is C26H25F4N7O3S. The number of Topliss-reactive ketones (excluding diaryl/α,β-unsaturated/α-hetero) is 1. The Balaban J connectivity index is 1.59. The fourth-order valence-corrected chi connectivity index (χ4v) is 6.87. The number of allylic oxidation sites excluding steroid dienone is 1. The van der Waals surface area contributed by atoms with Crippen molar-refractivity contribution in [2.24, 2.45) is 29.1 Å². The van der Waals surface area contributed by atoms with Gasteiger partial charge in [-0.15, -0.1) is 5.10 Å². The maximum atomic E-state index is 14.2. The van der Waals surface area contributed by atoms with Crippen molar-refractivity contribution in [1.29, 1.82) is 0 Å². The lowest BCUT2D eigenvalue weighted by molar-refractivity contribution is -0.137. The van der Waals surface area contributed by atoms with E-state index in [2.05, 4.69) is 20.2 Å². The lowest BCUT2D eigenvalue weighted by Gasteiger charge is -2.49. The quantitative estimate of drug-likeness (QED) is 0.353. The number of hydrogen-bond donors (Lipinski definition) is 1. The Labute approximate surface area is 232 Å². The van der Waals surface area contributed by atoms with Crippen molar-refractivity contribution < 1.29 is 30.8 Å². The molecule has 1 saturated carbocycles. The number of benzene rings is 1. The summed E-state index contributed by atoms with van der Waals surface area (Å²) in [5, 5.41) is 7.41. The van der Waals surface area contributed by atoms with Gasteiger partial charge < -0.3 is 5.73 Å². The molecule has 41 heavy (non-hydrogen) atoms. The molecule has 216 valence electrons. The van der Waals surface area contributed by atoms with Crippen LogP contribution in [-0.4, -0.2) is 57.3 Å². The number of nitrogens with zero attached hydrogens (tertiary/aromatic N) is 6. The Hall–Kier alpha value is -3.98. The van der Waals surface area contributed by atoms with E-state index in [1.165, 1.54) is 37.5 Å². The molecule has 1 aliphatic carbocycles. The summed E-state index contributed by atoms with van der Waals surface area (Å²) in [6.45, 7) is -0.311. The SMILES string of the molecule is Cn1ncc(S(=O)(=O)N2CC[C@H]3CC(=Nc4ccc(F)cc4)C(=CN)C[C@]3(C(=O)c3cc(C(F)(F)F)ccn3)C2)n1. The van der Waals surface area contributed by atoms with Crippen LogP contribution in [0.3, 0.4) is 0 Å². The molecule has 15 heteroatoms. The smallest absolute Gasteiger partial charge is 0.404 e. The van der Waals surface area contributed by atoms with E-state index in [0.29, 0.717) is 23.0 Å². The first kappa shape index (κ1) is 28.5. The molecule has 0 amide bonds. The highest BCUT2D eigenvalue weighted by molar-refractivity contribution is 7.89. The summed E-state index contributed by atoms with van der Waals surface area (Å²) in [6, 6.07) is 6.89. The predicted molar refractivity (Wildman–Crippen MR) is 139 cm³/mol. The Kier molecular flexibility index (Phi) is 7.27. The van der Waals surface area contributed by atoms with Gasteiger partial charge in [0.2, 0.25) is 5.03 Å². The van der Waals surface area contributed by atoms with Crippen LogP contribution in [0.25, 0.3) is 0 Å². The molecule has 1 aliphatic heterocycles. The van der Waals surface area contributed by atoms with E-state index in [-0.39, 0.29) is 37.4 Å². The molecule has 2 atom stereocenters. The summed E-state index contributed by atoms with van der Waals surface area (Å²) < 4.78 is 82.0. The van der Waals surface area contributed by atoms with Crippen molar-refractivity contribution in [1.82, 2.24) is 24.3 Å². The van der Waals surface area contributed by atoms with E-state index >= 15 is 0 Å². The zero-order valence-corrected chi connectivity index (χ0v) is 22.5. The highest BCUT2D eigenvalue weighted by Gasteiger charge is 2.55. The van der Waals surface area contributed by atoms with Gasteiger partial charge in [0.15, 0.2) is 5.78 Å². The zero-order chi connectivity index (χ0) is 29.6. The molecule has 2 aromatic heterocycles. The van der Waals surface area contributed by atoms with Gasteiger partial charge in [-0.2, -0.15) is 27.4 Å². The fraction of sp³-hybridized carbons (Fsp3) is 0.346. The van der Waals surface area contributed by atoms with Crippen LogP contribution in [0.4, 0.5) is 23.2 Å². The molecule has 5 rings (SSSR count). The molecule has 2 N–H and O–H groups in total. The summed E-state index contributed by atoms with van der Waals surface area (Å²) in [7, 11) is -2.74. The molecule has 2 aliphatic rings. The monoisotopic (exact) mass is 591 g/mol. The normalized spacial score (nSPS) is 24.0. The van der Waals surface area contributed by atoms with E-state index in [4.69, 9.17) is 5.73 Å². The minimum absolute atomic E-state index is 0.0279. The number of aliphatic imine (C=N–C) groups is 1. The minimum atomic E-state index is -4.72. The van der Waals surface area contributed by atoms with Crippen LogP contribution in [0, 0.1) is 17.2 Å². The first-order chi connectivity index (χ1) is 19.3. The second-order valence-corrected chi connectivity index (χ2v) is 11.9. The highest BCUT2D eigenvalue weighted by atomic mass is 32.2. The van der Waals surface area contributed by atoms with Crippen LogP contribution in [0.15, 0.2) is 70.6 Å². The van der Waals surface area contributed by atoms with Crippen LogP contribution >= 0.6 is 0 Å². The summed E-state index contributed by atoms with van der Waals surface area (Å²) in [5.41, 5.74) is 4.36. The number of nitrogens with two attached hydrogens (primary N) is 1. The molecule has 2 fully saturated rings. The van der Waals surface area contributed by atoms with Crippen molar-refractivity contribution in [3.63, 3.8) is 0 Å². The topological polar surface area (TPSA) is 136 Å². The molecule has 3 heterocycles. The van der Waals surface area contributed by atoms with Gasteiger partial charge in [0.05, 0.1) is 22.9 Å². The van der Waals surface area contributed by atoms with E-state index in [0.717, 1.165) is 27.6 Å². The number of pyridine rings is 1. The van der Waals surface area contributed by atoms with E-state index in [1.807, 2.05) is 0 Å². The summed E-state index contributed by atoms with van der Waals surface area (Å²) >= 11 is 0. The second-order valence-electron chi connectivity index (χ2n) is 10.0. The number of ketones is 1. The number of sulfonamides is 1. The molecule has 0 bridgehead atoms. The van der Waals surface area contributed by atoms with Crippen LogP contribution in [0.1, 0.15) is 35.3 Å². The number of carbonyl (C=O) groups is 1. The molecule has 1 aromatic carbocycles. The maximum Gasteiger partial charge on any atom is 0.416 e. The number of alkyl halides is 3. The molecule has 0 unspecified atom stereocenters. The Morgan fingerprint density at radius 3 is 2.59 bits per heavy atom. The molecule has 10 nitrogen and oxygen atoms in total. The fourth-order valence-electron chi connectivity index (χ4n) is 5.45. The third kappa shape index (κ3) is 5.38. The van der Waals surface area contributed by atoms with E-state index in [9.17, 15) is 30.8 Å². The Bertz CT molecular complexity index is 1650. The van der Waals surface area contributed by atoms with Crippen LogP contribution < -0.4 is 5.73 Å². The predicted octanol–water partition coefficient (Wildman–Crippen LogP) is 3.66. The lowest BCUT2D eigenvalue weighted by atomic mass is 9.59. The lowest BCUT2D eigenvalue weighted by Crippen LogP contribution is -2.57. The highest BCUT2D eigenvalue weighted by Crippen LogP contribution is 2.50. The van der Waals surface area contributed by atoms with E-state index in [1.54, 1.807) is 0 Å². The van der Waals surface area contributed by atoms with Crippen molar-refractivity contribution in [2.45, 2.75) is 30.5 Å². The molecule has 0 radical (unpaired) electrons. The second kappa shape index (κ2) is 10.4. The van der Waals surface area contributed by atoms with Gasteiger partial charge in [-0.3, -0.25) is 14.8 Å². The third-order valence-corrected chi connectivity index (χ3v) is 9.24. The van der Waals surface area contributed by atoms with Gasteiger partial charge in [-0.1, -0.05) is 0 Å². The standard InChI is InChI=1S/C26H25F4N7O3S/c1-36-33-14-23(35-36)41(39,40)37-9-7-17-10-21(34-20-4-2-19(27)3-5-20)16(13-31)12-25(17,15-37)24(38)22-11-18(6-8-32-22)26(28,29)30/h2-6,8,11,13-14,17H,7,9-10,12,15,31H2,1H3/t17-,25-/m0/s1. The molecule has 3 aromatic rings. The van der Waals surface area contributed by atoms with Gasteiger partial charge in [-0.05, 0) is 73.4 Å². The van der Waals surface area contributed by atoms with Gasteiger partial charge in [0, 0.05) is 32.0 Å². The van der Waals surface area contributed by atoms with Crippen LogP contribution in [-0.2, 0) is 23.2 Å². The largest absolute Gasteiger partial charge is 0.416 e. The number of aromatic nitrogens is 4. The Morgan fingerprint density at radius 1 is 1.22 bits per heavy atom. The average Bonchev–Trinajstić information content (AvgIpc) is 3.40. The zero-order valence-electron chi connectivity index (χ0n) is 21.7. The molecule has 1 saturated heterocycles. The number of carbonyl (C=O) groups excluding carboxylic acids is 1. The Morgan fingerprint density at radius 2 is 1.95 bits per heavy atom. The summed E-state index contributed by atoms with van der Waals surface area (Å²) in [4.78, 5) is 23.8. The van der Waals surface area contributed by atoms with Crippen molar-refractivity contribution >= 4 is 27.2 Å². The first-order valence-corrected chi connectivity index (χ1v) is 14.0. The van der Waals surface area contributed by atoms with Crippen molar-refractivity contribution in [2.75, 3.05) is 13.1 Å². The van der Waals surface area contributed by atoms with Gasteiger partial charge in [0.25, 0.3) is 10.0 Å². The number of hydrogen-bond acceptors (Lipinski definition) is 8. The number of aryl methyl sites for hydroxylation is 1. The van der Waals surface area contributed by atoms with Crippen LogP contribution in [0.2, 0.25) is 0 Å². The summed E-state index contributed by atoms with van der Waals surface area (Å²) in [5.74, 6) is -1.68. The molecule has 0 spiro atoms. The van der Waals surface area contributed by atoms with Gasteiger partial charge in [-0.25, -0.2) is 12.8 Å². The van der Waals surface area contributed by atoms with Crippen LogP contribution in [0.5, 0.6) is 0 Å². The van der Waals surface area contributed by atoms with Gasteiger partial charge >= 0.3 is 6.18 Å². The number of piperidine rings is 1. The summed E-state index contributed by atoms with van der Waals surface area (Å²) in [6.07, 6.45) is -1.19. The molecular weight excluding hydrogens is 566 g/mol. The number of rotatable bonds is 5. The van der Waals surface area contributed by atoms with Gasteiger partial charge in [0.1, 0.15) is 11.5 Å². The number of fused-ring (bicyclic) bond motifs is 1.